The number of ether oxygens (including phenoxy) is 1. The Morgan fingerprint density at radius 2 is 1.97 bits per heavy atom. The minimum Gasteiger partial charge on any atom is -0.478 e. The minimum absolute atomic E-state index is 0.0243. The van der Waals surface area contributed by atoms with Gasteiger partial charge in [-0.15, -0.1) is 0 Å². The molecule has 0 bridgehead atoms. The standard InChI is InChI=1S/C24H22F3N3O4/c1-3-16-13(2)17(22(31)32)6-7-19(16)30-20-8-9-34-12-21(20)29(23(30)33)15-5-4-14(11-28)18(10-15)24(25,26)27/h4-7,10,20-21H,3,8-9,12H2,1-2H3,(H,31,32)/t20-,21-/m0/s1. The number of alkyl halides is 3. The first-order valence-electron chi connectivity index (χ1n) is 10.8. The summed E-state index contributed by atoms with van der Waals surface area (Å²) >= 11 is 0. The van der Waals surface area contributed by atoms with E-state index in [0.29, 0.717) is 36.3 Å². The molecule has 2 atom stereocenters. The Bertz CT molecular complexity index is 1210. The summed E-state index contributed by atoms with van der Waals surface area (Å²) in [7, 11) is 0. The lowest BCUT2D eigenvalue weighted by molar-refractivity contribution is -0.137. The lowest BCUT2D eigenvalue weighted by atomic mass is 9.96. The number of fused-ring (bicyclic) bond motifs is 1. The highest BCUT2D eigenvalue weighted by Gasteiger charge is 2.49. The molecule has 0 unspecified atom stereocenters. The quantitative estimate of drug-likeness (QED) is 0.692. The molecule has 0 aliphatic carbocycles. The third-order valence-corrected chi connectivity index (χ3v) is 6.49. The van der Waals surface area contributed by atoms with Crippen molar-refractivity contribution >= 4 is 23.4 Å². The summed E-state index contributed by atoms with van der Waals surface area (Å²) in [5.74, 6) is -1.07. The second-order valence-electron chi connectivity index (χ2n) is 8.25. The molecule has 2 aliphatic rings. The average molecular weight is 473 g/mol. The van der Waals surface area contributed by atoms with Gasteiger partial charge in [-0.05, 0) is 61.2 Å². The van der Waals surface area contributed by atoms with E-state index in [1.54, 1.807) is 24.0 Å². The number of carboxylic acid groups (broad SMARTS) is 1. The molecule has 2 heterocycles. The average Bonchev–Trinajstić information content (AvgIpc) is 3.09. The molecular formula is C24H22F3N3O4. The lowest BCUT2D eigenvalue weighted by Gasteiger charge is -2.32. The number of aromatic carboxylic acids is 1. The van der Waals surface area contributed by atoms with E-state index >= 15 is 0 Å². The van der Waals surface area contributed by atoms with Gasteiger partial charge in [-0.25, -0.2) is 9.59 Å². The molecule has 4 rings (SSSR count). The first-order chi connectivity index (χ1) is 16.1. The van der Waals surface area contributed by atoms with Crippen molar-refractivity contribution in [1.82, 2.24) is 0 Å². The summed E-state index contributed by atoms with van der Waals surface area (Å²) in [6, 6.07) is 6.38. The monoisotopic (exact) mass is 473 g/mol. The first kappa shape index (κ1) is 23.6. The van der Waals surface area contributed by atoms with Crippen molar-refractivity contribution in [2.24, 2.45) is 0 Å². The normalized spacial score (nSPS) is 20.3. The van der Waals surface area contributed by atoms with Gasteiger partial charge in [0.2, 0.25) is 0 Å². The number of amides is 2. The number of carbonyl (C=O) groups is 2. The summed E-state index contributed by atoms with van der Waals surface area (Å²) < 4.78 is 46.3. The van der Waals surface area contributed by atoms with Crippen LogP contribution in [0.5, 0.6) is 0 Å². The largest absolute Gasteiger partial charge is 0.478 e. The Morgan fingerprint density at radius 1 is 1.24 bits per heavy atom. The fourth-order valence-electron chi connectivity index (χ4n) is 4.90. The third-order valence-electron chi connectivity index (χ3n) is 6.49. The van der Waals surface area contributed by atoms with Crippen LogP contribution >= 0.6 is 0 Å². The fraction of sp³-hybridized carbons (Fsp3) is 0.375. The summed E-state index contributed by atoms with van der Waals surface area (Å²) in [5, 5.41) is 18.6. The molecule has 2 amide bonds. The van der Waals surface area contributed by atoms with Crippen molar-refractivity contribution < 1.29 is 32.6 Å². The van der Waals surface area contributed by atoms with Gasteiger partial charge in [0.25, 0.3) is 0 Å². The number of carboxylic acids is 1. The van der Waals surface area contributed by atoms with Crippen LogP contribution in [-0.2, 0) is 17.3 Å². The first-order valence-corrected chi connectivity index (χ1v) is 10.8. The van der Waals surface area contributed by atoms with E-state index in [-0.39, 0.29) is 23.9 Å². The number of halogens is 3. The Hall–Kier alpha value is -3.58. The lowest BCUT2D eigenvalue weighted by Crippen LogP contribution is -2.45. The Labute approximate surface area is 193 Å². The van der Waals surface area contributed by atoms with Crippen LogP contribution in [0.2, 0.25) is 0 Å². The molecule has 2 aromatic carbocycles. The molecular weight excluding hydrogens is 451 g/mol. The van der Waals surface area contributed by atoms with Gasteiger partial charge >= 0.3 is 18.2 Å². The third kappa shape index (κ3) is 3.76. The van der Waals surface area contributed by atoms with E-state index in [0.717, 1.165) is 12.1 Å². The number of anilines is 2. The summed E-state index contributed by atoms with van der Waals surface area (Å²) in [4.78, 5) is 28.2. The molecule has 34 heavy (non-hydrogen) atoms. The smallest absolute Gasteiger partial charge is 0.417 e. The van der Waals surface area contributed by atoms with E-state index in [9.17, 15) is 27.9 Å². The van der Waals surface area contributed by atoms with Gasteiger partial charge in [0.05, 0.1) is 41.5 Å². The number of hydrogen-bond donors (Lipinski definition) is 1. The van der Waals surface area contributed by atoms with E-state index in [1.165, 1.54) is 17.0 Å². The molecule has 2 saturated heterocycles. The molecule has 0 saturated carbocycles. The minimum atomic E-state index is -4.76. The second-order valence-corrected chi connectivity index (χ2v) is 8.25. The van der Waals surface area contributed by atoms with Gasteiger partial charge in [0, 0.05) is 18.0 Å². The Morgan fingerprint density at radius 3 is 2.59 bits per heavy atom. The van der Waals surface area contributed by atoms with E-state index < -0.39 is 35.3 Å². The van der Waals surface area contributed by atoms with Gasteiger partial charge in [0.1, 0.15) is 0 Å². The van der Waals surface area contributed by atoms with Crippen LogP contribution in [0.3, 0.4) is 0 Å². The molecule has 178 valence electrons. The zero-order valence-electron chi connectivity index (χ0n) is 18.5. The summed E-state index contributed by atoms with van der Waals surface area (Å²) in [5.41, 5.74) is 0.299. The van der Waals surface area contributed by atoms with Crippen molar-refractivity contribution in [1.29, 1.82) is 5.26 Å². The van der Waals surface area contributed by atoms with Crippen molar-refractivity contribution in [3.8, 4) is 6.07 Å². The van der Waals surface area contributed by atoms with Gasteiger partial charge in [-0.1, -0.05) is 6.92 Å². The van der Waals surface area contributed by atoms with Crippen molar-refractivity contribution in [2.45, 2.75) is 44.9 Å². The predicted octanol–water partition coefficient (Wildman–Crippen LogP) is 4.75. The molecule has 7 nitrogen and oxygen atoms in total. The molecule has 0 radical (unpaired) electrons. The maximum Gasteiger partial charge on any atom is 0.417 e. The predicted molar refractivity (Wildman–Crippen MR) is 117 cm³/mol. The fourth-order valence-corrected chi connectivity index (χ4v) is 4.90. The Kier molecular flexibility index (Phi) is 6.00. The van der Waals surface area contributed by atoms with Crippen LogP contribution in [0.15, 0.2) is 30.3 Å². The molecule has 10 heteroatoms. The molecule has 2 fully saturated rings. The number of hydrogen-bond acceptors (Lipinski definition) is 4. The molecule has 2 aliphatic heterocycles. The number of rotatable bonds is 4. The maximum atomic E-state index is 13.7. The van der Waals surface area contributed by atoms with Crippen LogP contribution in [0.25, 0.3) is 0 Å². The van der Waals surface area contributed by atoms with Crippen molar-refractivity contribution in [3.63, 3.8) is 0 Å². The number of carbonyl (C=O) groups excluding carboxylic acids is 1. The summed E-state index contributed by atoms with van der Waals surface area (Å²) in [6.45, 7) is 4.06. The molecule has 2 aromatic rings. The number of urea groups is 1. The SMILES string of the molecule is CCc1c(N2C(=O)N(c3ccc(C#N)c(C(F)(F)F)c3)[C@H]3COCC[C@@H]32)ccc(C(=O)O)c1C. The van der Waals surface area contributed by atoms with Gasteiger partial charge in [0.15, 0.2) is 0 Å². The maximum absolute atomic E-state index is 13.7. The van der Waals surface area contributed by atoms with Crippen LogP contribution in [0, 0.1) is 18.3 Å². The number of benzene rings is 2. The summed E-state index contributed by atoms with van der Waals surface area (Å²) in [6.07, 6.45) is -3.82. The highest BCUT2D eigenvalue weighted by atomic mass is 19.4. The number of nitriles is 1. The molecule has 1 N–H and O–H groups in total. The second kappa shape index (κ2) is 8.65. The number of nitrogens with zero attached hydrogens (tertiary/aromatic N) is 3. The van der Waals surface area contributed by atoms with Crippen LogP contribution in [0.4, 0.5) is 29.3 Å². The Balaban J connectivity index is 1.84. The van der Waals surface area contributed by atoms with Gasteiger partial charge in [-0.2, -0.15) is 18.4 Å². The van der Waals surface area contributed by atoms with Crippen LogP contribution < -0.4 is 9.80 Å². The topological polar surface area (TPSA) is 93.9 Å². The van der Waals surface area contributed by atoms with Gasteiger partial charge in [-0.3, -0.25) is 9.80 Å². The molecule has 0 aromatic heterocycles. The van der Waals surface area contributed by atoms with E-state index in [4.69, 9.17) is 10.00 Å². The highest BCUT2D eigenvalue weighted by Crippen LogP contribution is 2.41. The van der Waals surface area contributed by atoms with Gasteiger partial charge < -0.3 is 9.84 Å². The zero-order chi connectivity index (χ0) is 24.8. The van der Waals surface area contributed by atoms with E-state index in [1.807, 2.05) is 6.92 Å². The van der Waals surface area contributed by atoms with Crippen LogP contribution in [-0.4, -0.2) is 42.4 Å². The zero-order valence-corrected chi connectivity index (χ0v) is 18.5. The van der Waals surface area contributed by atoms with Crippen molar-refractivity contribution in [2.75, 3.05) is 23.0 Å². The molecule has 0 spiro atoms. The highest BCUT2D eigenvalue weighted by molar-refractivity contribution is 6.08. The van der Waals surface area contributed by atoms with E-state index in [2.05, 4.69) is 0 Å². The van der Waals surface area contributed by atoms with Crippen LogP contribution in [0.1, 0.15) is 46.0 Å². The van der Waals surface area contributed by atoms with Crippen molar-refractivity contribution in [3.05, 3.63) is 58.1 Å².